The number of aryl methyl sites for hydroxylation is 2. The van der Waals surface area contributed by atoms with Crippen molar-refractivity contribution in [1.82, 2.24) is 10.6 Å². The fraction of sp³-hybridized carbons (Fsp3) is 0.405. The number of benzene rings is 4. The van der Waals surface area contributed by atoms with Gasteiger partial charge in [0.1, 0.15) is 5.75 Å². The van der Waals surface area contributed by atoms with Crippen LogP contribution in [0.5, 0.6) is 46.0 Å². The van der Waals surface area contributed by atoms with Gasteiger partial charge < -0.3 is 44.4 Å². The molecule has 1 amide bonds. The maximum absolute atomic E-state index is 13.4. The van der Waals surface area contributed by atoms with E-state index in [9.17, 15) is 4.79 Å². The van der Waals surface area contributed by atoms with E-state index in [0.29, 0.717) is 58.1 Å². The molecule has 3 heterocycles. The fourth-order valence-corrected chi connectivity index (χ4v) is 6.88. The van der Waals surface area contributed by atoms with Gasteiger partial charge in [0.2, 0.25) is 11.7 Å². The smallest absolute Gasteiger partial charge is 0.229 e. The first-order valence-corrected chi connectivity index (χ1v) is 17.9. The minimum Gasteiger partial charge on any atom is -0.493 e. The van der Waals surface area contributed by atoms with Crippen LogP contribution >= 0.6 is 0 Å². The number of carbonyl (C=O) groups excluding carboxylic acids is 1. The van der Waals surface area contributed by atoms with Gasteiger partial charge in [-0.2, -0.15) is 0 Å². The number of anilines is 1. The molecule has 6 bridgehead atoms. The van der Waals surface area contributed by atoms with Crippen LogP contribution in [-0.4, -0.2) is 54.5 Å². The van der Waals surface area contributed by atoms with E-state index in [4.69, 9.17) is 28.4 Å². The van der Waals surface area contributed by atoms with Crippen molar-refractivity contribution in [2.75, 3.05) is 53.9 Å². The third-order valence-corrected chi connectivity index (χ3v) is 9.80. The molecule has 0 saturated carbocycles. The molecule has 4 aromatic rings. The molecule has 0 aromatic heterocycles. The van der Waals surface area contributed by atoms with Gasteiger partial charge in [-0.25, -0.2) is 0 Å². The Morgan fingerprint density at radius 2 is 1.50 bits per heavy atom. The number of hydrogen-bond acceptors (Lipinski definition) is 9. The maximum atomic E-state index is 13.4. The van der Waals surface area contributed by atoms with Crippen LogP contribution < -0.4 is 44.4 Å². The van der Waals surface area contributed by atoms with Crippen LogP contribution in [0.1, 0.15) is 60.2 Å². The Kier molecular flexibility index (Phi) is 11.2. The van der Waals surface area contributed by atoms with Crippen molar-refractivity contribution in [1.29, 1.82) is 0 Å². The Morgan fingerprint density at radius 1 is 0.808 bits per heavy atom. The number of methoxy groups -OCH3 is 4. The summed E-state index contributed by atoms with van der Waals surface area (Å²) in [5, 5.41) is 10.2. The number of likely N-dealkylation sites (N-methyl/N-ethyl adjacent to an activating group) is 1. The van der Waals surface area contributed by atoms with Gasteiger partial charge in [-0.1, -0.05) is 32.9 Å². The van der Waals surface area contributed by atoms with Crippen molar-refractivity contribution in [2.24, 2.45) is 5.41 Å². The lowest BCUT2D eigenvalue weighted by molar-refractivity contribution is -0.123. The molecule has 7 rings (SSSR count). The Bertz CT molecular complexity index is 1920. The van der Waals surface area contributed by atoms with Gasteiger partial charge in [0, 0.05) is 28.8 Å². The van der Waals surface area contributed by atoms with Crippen molar-refractivity contribution in [2.45, 2.75) is 58.9 Å². The molecule has 3 aliphatic heterocycles. The van der Waals surface area contributed by atoms with Crippen LogP contribution in [0.15, 0.2) is 54.6 Å². The third kappa shape index (κ3) is 7.78. The highest BCUT2D eigenvalue weighted by Gasteiger charge is 2.32. The van der Waals surface area contributed by atoms with E-state index in [1.165, 1.54) is 16.7 Å². The zero-order valence-corrected chi connectivity index (χ0v) is 31.6. The van der Waals surface area contributed by atoms with Gasteiger partial charge in [-0.3, -0.25) is 4.79 Å². The summed E-state index contributed by atoms with van der Waals surface area (Å²) in [6.45, 7) is 7.24. The summed E-state index contributed by atoms with van der Waals surface area (Å²) >= 11 is 0. The second-order valence-electron chi connectivity index (χ2n) is 14.3. The minimum absolute atomic E-state index is 0.108. The van der Waals surface area contributed by atoms with Crippen LogP contribution in [-0.2, 0) is 36.9 Å². The first-order chi connectivity index (χ1) is 25.1. The van der Waals surface area contributed by atoms with Crippen LogP contribution in [0, 0.1) is 5.41 Å². The molecule has 0 saturated heterocycles. The Morgan fingerprint density at radius 3 is 2.17 bits per heavy atom. The Balaban J connectivity index is 1.58. The first-order valence-electron chi connectivity index (χ1n) is 17.9. The highest BCUT2D eigenvalue weighted by molar-refractivity contribution is 5.95. The molecule has 0 aliphatic carbocycles. The molecular formula is C42H51N3O7. The van der Waals surface area contributed by atoms with Gasteiger partial charge in [0.25, 0.3) is 0 Å². The number of rotatable bonds is 8. The summed E-state index contributed by atoms with van der Waals surface area (Å²) in [6, 6.07) is 18.0. The zero-order valence-electron chi connectivity index (χ0n) is 31.6. The average Bonchev–Trinajstić information content (AvgIpc) is 3.13. The summed E-state index contributed by atoms with van der Waals surface area (Å²) in [5.41, 5.74) is 6.49. The summed E-state index contributed by atoms with van der Waals surface area (Å²) in [4.78, 5) is 13.4. The molecule has 0 radical (unpaired) electrons. The predicted octanol–water partition coefficient (Wildman–Crippen LogP) is 7.58. The zero-order chi connectivity index (χ0) is 37.0. The van der Waals surface area contributed by atoms with E-state index >= 15 is 0 Å². The second kappa shape index (κ2) is 15.8. The lowest BCUT2D eigenvalue weighted by Gasteiger charge is -2.32. The number of carbonyl (C=O) groups is 1. The summed E-state index contributed by atoms with van der Waals surface area (Å²) in [7, 11) is 8.50. The molecule has 0 unspecified atom stereocenters. The van der Waals surface area contributed by atoms with Gasteiger partial charge in [-0.15, -0.1) is 0 Å². The number of amides is 1. The van der Waals surface area contributed by atoms with E-state index in [2.05, 4.69) is 40.2 Å². The predicted molar refractivity (Wildman–Crippen MR) is 203 cm³/mol. The quantitative estimate of drug-likeness (QED) is 0.171. The summed E-state index contributed by atoms with van der Waals surface area (Å²) < 4.78 is 37.2. The molecule has 1 atom stereocenters. The second-order valence-corrected chi connectivity index (χ2v) is 14.3. The third-order valence-electron chi connectivity index (χ3n) is 9.80. The monoisotopic (exact) mass is 709 g/mol. The van der Waals surface area contributed by atoms with E-state index in [1.54, 1.807) is 28.4 Å². The lowest BCUT2D eigenvalue weighted by atomic mass is 9.88. The van der Waals surface area contributed by atoms with E-state index in [1.807, 2.05) is 58.2 Å². The van der Waals surface area contributed by atoms with Crippen molar-refractivity contribution in [3.05, 3.63) is 88.0 Å². The first kappa shape index (κ1) is 36.8. The molecule has 276 valence electrons. The molecule has 3 aliphatic rings. The van der Waals surface area contributed by atoms with Crippen LogP contribution in [0.4, 0.5) is 5.69 Å². The molecule has 0 fully saturated rings. The van der Waals surface area contributed by atoms with Crippen molar-refractivity contribution in [3.63, 3.8) is 0 Å². The van der Waals surface area contributed by atoms with Gasteiger partial charge >= 0.3 is 0 Å². The molecule has 3 N–H and O–H groups in total. The summed E-state index contributed by atoms with van der Waals surface area (Å²) in [6.07, 6.45) is 3.71. The Hall–Kier alpha value is -4.93. The number of fused-ring (bicyclic) bond motifs is 3. The van der Waals surface area contributed by atoms with Crippen molar-refractivity contribution >= 4 is 11.6 Å². The minimum atomic E-state index is -0.618. The van der Waals surface area contributed by atoms with Gasteiger partial charge in [0.15, 0.2) is 34.5 Å². The fourth-order valence-electron chi connectivity index (χ4n) is 6.88. The molecule has 10 heteroatoms. The van der Waals surface area contributed by atoms with Crippen molar-refractivity contribution in [3.8, 4) is 46.0 Å². The molecule has 10 nitrogen and oxygen atoms in total. The van der Waals surface area contributed by atoms with Gasteiger partial charge in [-0.05, 0) is 116 Å². The van der Waals surface area contributed by atoms with E-state index < -0.39 is 5.41 Å². The molecule has 4 aromatic carbocycles. The summed E-state index contributed by atoms with van der Waals surface area (Å²) in [5.74, 6) is 4.51. The largest absolute Gasteiger partial charge is 0.493 e. The van der Waals surface area contributed by atoms with Crippen LogP contribution in [0.25, 0.3) is 0 Å². The topological polar surface area (TPSA) is 109 Å². The number of nitrogens with one attached hydrogen (secondary N) is 3. The number of hydrogen-bond donors (Lipinski definition) is 3. The average molecular weight is 710 g/mol. The van der Waals surface area contributed by atoms with E-state index in [0.717, 1.165) is 55.5 Å². The van der Waals surface area contributed by atoms with Crippen molar-refractivity contribution < 1.29 is 33.2 Å². The Labute approximate surface area is 307 Å². The lowest BCUT2D eigenvalue weighted by Crippen LogP contribution is -2.32. The maximum Gasteiger partial charge on any atom is 0.229 e. The number of ether oxygens (including phenoxy) is 6. The molecule has 0 spiro atoms. The van der Waals surface area contributed by atoms with Gasteiger partial charge in [0.05, 0.1) is 28.4 Å². The SMILES string of the molecule is CNCCc1cc(OC)c2cc1CCc1ccc(cc1)Oc1cc(c(NC(=O)C(C)(C)C)cc1OC)C[C@@H]1NCCc3cc(OC)c(OC)c(c31)O2. The van der Waals surface area contributed by atoms with Crippen LogP contribution in [0.2, 0.25) is 0 Å². The standard InChI is InChI=1S/C42H51N3O7/c1-42(2,3)41(46)45-31-24-34(48-6)35-23-29(31)19-32-38-28(16-18-44-32)22-37(49-7)39(50-8)40(38)52-36-21-26(27(15-17-43-4)20-33(36)47-5)12-9-25-10-13-30(51-35)14-11-25/h10-11,13-14,20-24,32,43-44H,9,12,15-19H2,1-8H3,(H,45,46)/t32-/m0/s1. The van der Waals surface area contributed by atoms with Crippen LogP contribution in [0.3, 0.4) is 0 Å². The highest BCUT2D eigenvalue weighted by atomic mass is 16.5. The van der Waals surface area contributed by atoms with E-state index in [-0.39, 0.29) is 11.9 Å². The normalized spacial score (nSPS) is 15.3. The molecular weight excluding hydrogens is 658 g/mol. The molecule has 52 heavy (non-hydrogen) atoms. The highest BCUT2D eigenvalue weighted by Crippen LogP contribution is 2.50.